The summed E-state index contributed by atoms with van der Waals surface area (Å²) in [6.45, 7) is 3.31. The highest BCUT2D eigenvalue weighted by Crippen LogP contribution is 2.17. The van der Waals surface area contributed by atoms with Crippen molar-refractivity contribution in [2.75, 3.05) is 26.3 Å². The maximum absolute atomic E-state index is 11.7. The van der Waals surface area contributed by atoms with Gasteiger partial charge in [0.2, 0.25) is 0 Å². The number of ketones is 1. The zero-order valence-electron chi connectivity index (χ0n) is 9.74. The second-order valence-corrected chi connectivity index (χ2v) is 4.61. The van der Waals surface area contributed by atoms with Gasteiger partial charge in [0.05, 0.1) is 18.8 Å². The van der Waals surface area contributed by atoms with Crippen LogP contribution in [0.5, 0.6) is 0 Å². The Hall–Kier alpha value is -0.450. The maximum atomic E-state index is 11.7. The number of ether oxygens (including phenoxy) is 2. The predicted octanol–water partition coefficient (Wildman–Crippen LogP) is 0.893. The Kier molecular flexibility index (Phi) is 4.75. The molecule has 0 amide bonds. The molecule has 2 aliphatic heterocycles. The van der Waals surface area contributed by atoms with Gasteiger partial charge in [-0.2, -0.15) is 0 Å². The van der Waals surface area contributed by atoms with E-state index >= 15 is 0 Å². The molecule has 2 unspecified atom stereocenters. The van der Waals surface area contributed by atoms with Crippen LogP contribution in [-0.4, -0.2) is 44.3 Å². The first-order valence-electron chi connectivity index (χ1n) is 6.30. The van der Waals surface area contributed by atoms with Crippen LogP contribution in [0.3, 0.4) is 0 Å². The lowest BCUT2D eigenvalue weighted by molar-refractivity contribution is -0.123. The fourth-order valence-corrected chi connectivity index (χ4v) is 2.30. The molecule has 0 aromatic rings. The van der Waals surface area contributed by atoms with Crippen LogP contribution in [0.15, 0.2) is 0 Å². The molecule has 0 bridgehead atoms. The largest absolute Gasteiger partial charge is 0.378 e. The van der Waals surface area contributed by atoms with Gasteiger partial charge < -0.3 is 14.8 Å². The molecular formula is C12H21NO3. The van der Waals surface area contributed by atoms with Gasteiger partial charge in [-0.25, -0.2) is 0 Å². The molecular weight excluding hydrogens is 206 g/mol. The molecule has 2 atom stereocenters. The van der Waals surface area contributed by atoms with E-state index in [-0.39, 0.29) is 6.10 Å². The minimum Gasteiger partial charge on any atom is -0.378 e. The van der Waals surface area contributed by atoms with Crippen molar-refractivity contribution in [2.24, 2.45) is 0 Å². The second kappa shape index (κ2) is 6.33. The van der Waals surface area contributed by atoms with Gasteiger partial charge in [-0.1, -0.05) is 0 Å². The first-order valence-corrected chi connectivity index (χ1v) is 6.30. The van der Waals surface area contributed by atoms with E-state index in [0.717, 1.165) is 45.6 Å². The smallest absolute Gasteiger partial charge is 0.135 e. The summed E-state index contributed by atoms with van der Waals surface area (Å²) >= 11 is 0. The summed E-state index contributed by atoms with van der Waals surface area (Å²) in [6.07, 6.45) is 4.77. The van der Waals surface area contributed by atoms with Gasteiger partial charge in [-0.15, -0.1) is 0 Å². The van der Waals surface area contributed by atoms with Crippen LogP contribution < -0.4 is 5.32 Å². The van der Waals surface area contributed by atoms with E-state index < -0.39 is 0 Å². The van der Waals surface area contributed by atoms with Crippen molar-refractivity contribution in [2.45, 2.75) is 44.3 Å². The second-order valence-electron chi connectivity index (χ2n) is 4.61. The Bertz CT molecular complexity index is 220. The van der Waals surface area contributed by atoms with E-state index in [2.05, 4.69) is 5.32 Å². The highest BCUT2D eigenvalue weighted by Gasteiger charge is 2.20. The summed E-state index contributed by atoms with van der Waals surface area (Å²) < 4.78 is 11.0. The van der Waals surface area contributed by atoms with E-state index in [9.17, 15) is 4.79 Å². The normalized spacial score (nSPS) is 30.5. The summed E-state index contributed by atoms with van der Waals surface area (Å²) in [7, 11) is 0. The minimum atomic E-state index is 0.0887. The fraction of sp³-hybridized carbons (Fsp3) is 0.917. The lowest BCUT2D eigenvalue weighted by Crippen LogP contribution is -2.39. The Morgan fingerprint density at radius 2 is 2.12 bits per heavy atom. The van der Waals surface area contributed by atoms with Crippen molar-refractivity contribution < 1.29 is 14.3 Å². The topological polar surface area (TPSA) is 47.6 Å². The monoisotopic (exact) mass is 227 g/mol. The van der Waals surface area contributed by atoms with Crippen LogP contribution in [0.25, 0.3) is 0 Å². The molecule has 1 N–H and O–H groups in total. The summed E-state index contributed by atoms with van der Waals surface area (Å²) in [5, 5.41) is 3.24. The average molecular weight is 227 g/mol. The number of carbonyl (C=O) groups excluding carboxylic acids is 1. The van der Waals surface area contributed by atoms with Gasteiger partial charge in [-0.3, -0.25) is 4.79 Å². The predicted molar refractivity (Wildman–Crippen MR) is 60.4 cm³/mol. The molecule has 0 aliphatic carbocycles. The number of hydrogen-bond donors (Lipinski definition) is 1. The Balaban J connectivity index is 1.59. The molecule has 92 valence electrons. The third-order valence-electron chi connectivity index (χ3n) is 3.23. The van der Waals surface area contributed by atoms with Gasteiger partial charge >= 0.3 is 0 Å². The number of hydrogen-bond acceptors (Lipinski definition) is 4. The van der Waals surface area contributed by atoms with Crippen LogP contribution in [0.4, 0.5) is 0 Å². The van der Waals surface area contributed by atoms with E-state index in [4.69, 9.17) is 9.47 Å². The van der Waals surface area contributed by atoms with Crippen molar-refractivity contribution in [1.82, 2.24) is 5.32 Å². The van der Waals surface area contributed by atoms with Crippen LogP contribution in [-0.2, 0) is 14.3 Å². The zero-order chi connectivity index (χ0) is 11.2. The molecule has 0 radical (unpaired) electrons. The van der Waals surface area contributed by atoms with Crippen molar-refractivity contribution >= 4 is 5.78 Å². The zero-order valence-corrected chi connectivity index (χ0v) is 9.74. The van der Waals surface area contributed by atoms with Gasteiger partial charge in [0.1, 0.15) is 5.78 Å². The lowest BCUT2D eigenvalue weighted by Gasteiger charge is -2.23. The van der Waals surface area contributed by atoms with Crippen molar-refractivity contribution in [3.63, 3.8) is 0 Å². The molecule has 4 heteroatoms. The SMILES string of the molecule is O=C(CCC1CCCO1)CC1CNCCO1. The van der Waals surface area contributed by atoms with Crippen molar-refractivity contribution in [1.29, 1.82) is 0 Å². The molecule has 2 aliphatic rings. The molecule has 0 spiro atoms. The maximum Gasteiger partial charge on any atom is 0.135 e. The molecule has 2 rings (SSSR count). The molecule has 2 saturated heterocycles. The number of nitrogens with one attached hydrogen (secondary N) is 1. The third-order valence-corrected chi connectivity index (χ3v) is 3.23. The van der Waals surface area contributed by atoms with Crippen LogP contribution in [0, 0.1) is 0 Å². The molecule has 0 saturated carbocycles. The summed E-state index contributed by atoms with van der Waals surface area (Å²) in [5.41, 5.74) is 0. The van der Waals surface area contributed by atoms with E-state index in [0.29, 0.717) is 24.7 Å². The van der Waals surface area contributed by atoms with Gasteiger partial charge in [0.25, 0.3) is 0 Å². The number of rotatable bonds is 5. The van der Waals surface area contributed by atoms with Gasteiger partial charge in [0.15, 0.2) is 0 Å². The Morgan fingerprint density at radius 1 is 1.25 bits per heavy atom. The van der Waals surface area contributed by atoms with Crippen molar-refractivity contribution in [3.05, 3.63) is 0 Å². The van der Waals surface area contributed by atoms with Gasteiger partial charge in [0, 0.05) is 32.5 Å². The Labute approximate surface area is 96.7 Å². The summed E-state index contributed by atoms with van der Waals surface area (Å²) in [5.74, 6) is 0.309. The minimum absolute atomic E-state index is 0.0887. The van der Waals surface area contributed by atoms with E-state index in [1.54, 1.807) is 0 Å². The highest BCUT2D eigenvalue weighted by atomic mass is 16.5. The number of morpholine rings is 1. The Morgan fingerprint density at radius 3 is 2.81 bits per heavy atom. The number of carbonyl (C=O) groups is 1. The van der Waals surface area contributed by atoms with Crippen LogP contribution >= 0.6 is 0 Å². The molecule has 0 aromatic heterocycles. The average Bonchev–Trinajstić information content (AvgIpc) is 2.81. The van der Waals surface area contributed by atoms with E-state index in [1.165, 1.54) is 0 Å². The first kappa shape index (κ1) is 12.0. The summed E-state index contributed by atoms with van der Waals surface area (Å²) in [4.78, 5) is 11.7. The standard InChI is InChI=1S/C12H21NO3/c14-10(3-4-11-2-1-6-15-11)8-12-9-13-5-7-16-12/h11-13H,1-9H2. The lowest BCUT2D eigenvalue weighted by atomic mass is 10.0. The van der Waals surface area contributed by atoms with Crippen LogP contribution in [0.1, 0.15) is 32.1 Å². The first-order chi connectivity index (χ1) is 7.84. The highest BCUT2D eigenvalue weighted by molar-refractivity contribution is 5.78. The fourth-order valence-electron chi connectivity index (χ4n) is 2.30. The van der Waals surface area contributed by atoms with Crippen LogP contribution in [0.2, 0.25) is 0 Å². The molecule has 2 fully saturated rings. The summed E-state index contributed by atoms with van der Waals surface area (Å²) in [6, 6.07) is 0. The number of Topliss-reactive ketones (excluding diaryl/α,β-unsaturated/α-hetero) is 1. The van der Waals surface area contributed by atoms with E-state index in [1.807, 2.05) is 0 Å². The quantitative estimate of drug-likeness (QED) is 0.758. The molecule has 4 nitrogen and oxygen atoms in total. The molecule has 2 heterocycles. The van der Waals surface area contributed by atoms with Gasteiger partial charge in [-0.05, 0) is 19.3 Å². The van der Waals surface area contributed by atoms with Crippen molar-refractivity contribution in [3.8, 4) is 0 Å². The third kappa shape index (κ3) is 3.85. The molecule has 16 heavy (non-hydrogen) atoms. The molecule has 0 aromatic carbocycles.